The summed E-state index contributed by atoms with van der Waals surface area (Å²) in [5, 5.41) is 3.40. The number of hydrogen-bond donors (Lipinski definition) is 1. The van der Waals surface area contributed by atoms with Gasteiger partial charge in [-0.1, -0.05) is 23.7 Å². The fourth-order valence-electron chi connectivity index (χ4n) is 1.75. The Kier molecular flexibility index (Phi) is 3.82. The third-order valence-corrected chi connectivity index (χ3v) is 2.81. The van der Waals surface area contributed by atoms with Crippen LogP contribution in [0.4, 0.5) is 14.5 Å². The van der Waals surface area contributed by atoms with Gasteiger partial charge in [0.1, 0.15) is 11.6 Å². The molecular weight excluding hydrogens is 256 g/mol. The zero-order valence-electron chi connectivity index (χ0n) is 9.75. The van der Waals surface area contributed by atoms with Crippen molar-refractivity contribution in [1.29, 1.82) is 0 Å². The number of rotatable bonds is 3. The predicted molar refractivity (Wildman–Crippen MR) is 69.8 cm³/mol. The van der Waals surface area contributed by atoms with Gasteiger partial charge in [-0.05, 0) is 42.8 Å². The Labute approximate surface area is 109 Å². The van der Waals surface area contributed by atoms with Crippen LogP contribution in [-0.4, -0.2) is 0 Å². The highest BCUT2D eigenvalue weighted by Gasteiger charge is 2.07. The molecule has 18 heavy (non-hydrogen) atoms. The number of benzene rings is 2. The summed E-state index contributed by atoms with van der Waals surface area (Å²) in [5.74, 6) is -0.699. The summed E-state index contributed by atoms with van der Waals surface area (Å²) in [4.78, 5) is 0. The quantitative estimate of drug-likeness (QED) is 0.843. The molecule has 0 bridgehead atoms. The van der Waals surface area contributed by atoms with Crippen LogP contribution in [0.5, 0.6) is 0 Å². The molecule has 0 aliphatic carbocycles. The predicted octanol–water partition coefficient (Wildman–Crippen LogP) is 4.79. The lowest BCUT2D eigenvalue weighted by atomic mass is 10.1. The van der Waals surface area contributed by atoms with Gasteiger partial charge in [0.2, 0.25) is 0 Å². The van der Waals surface area contributed by atoms with E-state index in [-0.39, 0.29) is 11.9 Å². The highest BCUT2D eigenvalue weighted by molar-refractivity contribution is 6.30. The van der Waals surface area contributed by atoms with Crippen LogP contribution in [0.15, 0.2) is 42.5 Å². The minimum atomic E-state index is -0.406. The van der Waals surface area contributed by atoms with Crippen molar-refractivity contribution in [3.8, 4) is 0 Å². The van der Waals surface area contributed by atoms with Gasteiger partial charge in [-0.3, -0.25) is 0 Å². The number of halogens is 3. The zero-order valence-corrected chi connectivity index (χ0v) is 10.5. The monoisotopic (exact) mass is 267 g/mol. The zero-order chi connectivity index (χ0) is 13.1. The van der Waals surface area contributed by atoms with Gasteiger partial charge in [-0.25, -0.2) is 8.78 Å². The second-order valence-corrected chi connectivity index (χ2v) is 4.52. The molecule has 0 spiro atoms. The molecule has 0 heterocycles. The highest BCUT2D eigenvalue weighted by Crippen LogP contribution is 2.23. The molecule has 1 unspecified atom stereocenters. The molecule has 1 nitrogen and oxygen atoms in total. The average molecular weight is 268 g/mol. The highest BCUT2D eigenvalue weighted by atomic mass is 35.5. The van der Waals surface area contributed by atoms with Gasteiger partial charge in [-0.15, -0.1) is 0 Å². The largest absolute Gasteiger partial charge is 0.378 e. The van der Waals surface area contributed by atoms with Crippen molar-refractivity contribution in [2.45, 2.75) is 13.0 Å². The van der Waals surface area contributed by atoms with Crippen LogP contribution in [0.3, 0.4) is 0 Å². The Hall–Kier alpha value is -1.61. The normalized spacial score (nSPS) is 12.2. The first-order chi connectivity index (χ1) is 8.54. The lowest BCUT2D eigenvalue weighted by Gasteiger charge is -2.16. The molecule has 1 N–H and O–H groups in total. The van der Waals surface area contributed by atoms with Crippen LogP contribution in [0.25, 0.3) is 0 Å². The van der Waals surface area contributed by atoms with Crippen molar-refractivity contribution in [3.63, 3.8) is 0 Å². The maximum absolute atomic E-state index is 13.2. The Balaban J connectivity index is 2.18. The minimum Gasteiger partial charge on any atom is -0.378 e. The molecule has 94 valence electrons. The summed E-state index contributed by atoms with van der Waals surface area (Å²) in [6.45, 7) is 1.87. The van der Waals surface area contributed by atoms with Crippen LogP contribution in [0.1, 0.15) is 18.5 Å². The third-order valence-electron chi connectivity index (χ3n) is 2.59. The van der Waals surface area contributed by atoms with Crippen LogP contribution in [-0.2, 0) is 0 Å². The molecule has 0 saturated heterocycles. The summed E-state index contributed by atoms with van der Waals surface area (Å²) >= 11 is 5.76. The van der Waals surface area contributed by atoms with Gasteiger partial charge in [0.05, 0.1) is 0 Å². The first-order valence-corrected chi connectivity index (χ1v) is 5.90. The molecule has 0 radical (unpaired) electrons. The molecule has 0 aromatic heterocycles. The van der Waals surface area contributed by atoms with Crippen molar-refractivity contribution in [2.75, 3.05) is 5.32 Å². The summed E-state index contributed by atoms with van der Waals surface area (Å²) in [5.41, 5.74) is 1.35. The van der Waals surface area contributed by atoms with Gasteiger partial charge in [0, 0.05) is 16.8 Å². The molecule has 0 fully saturated rings. The van der Waals surface area contributed by atoms with E-state index in [0.29, 0.717) is 10.7 Å². The SMILES string of the molecule is CC(Nc1cc(F)cc(Cl)c1)c1cccc(F)c1. The Bertz CT molecular complexity index is 537. The fraction of sp³-hybridized carbons (Fsp3) is 0.143. The molecule has 4 heteroatoms. The van der Waals surface area contributed by atoms with Gasteiger partial charge >= 0.3 is 0 Å². The second kappa shape index (κ2) is 5.36. The van der Waals surface area contributed by atoms with Crippen molar-refractivity contribution >= 4 is 17.3 Å². The molecular formula is C14H12ClF2N. The van der Waals surface area contributed by atoms with Gasteiger partial charge in [0.15, 0.2) is 0 Å². The minimum absolute atomic E-state index is 0.140. The van der Waals surface area contributed by atoms with E-state index in [0.717, 1.165) is 5.56 Å². The maximum atomic E-state index is 13.2. The van der Waals surface area contributed by atoms with Crippen LogP contribution in [0, 0.1) is 11.6 Å². The Morgan fingerprint density at radius 1 is 1.06 bits per heavy atom. The Morgan fingerprint density at radius 3 is 2.50 bits per heavy atom. The van der Waals surface area contributed by atoms with Crippen LogP contribution in [0.2, 0.25) is 5.02 Å². The van der Waals surface area contributed by atoms with E-state index in [2.05, 4.69) is 5.32 Å². The average Bonchev–Trinajstić information content (AvgIpc) is 2.27. The molecule has 0 aliphatic rings. The first kappa shape index (κ1) is 12.8. The molecule has 2 aromatic rings. The Morgan fingerprint density at radius 2 is 1.83 bits per heavy atom. The smallest absolute Gasteiger partial charge is 0.126 e. The van der Waals surface area contributed by atoms with E-state index < -0.39 is 5.82 Å². The van der Waals surface area contributed by atoms with Crippen molar-refractivity contribution in [3.05, 3.63) is 64.7 Å². The topological polar surface area (TPSA) is 12.0 Å². The van der Waals surface area contributed by atoms with Crippen LogP contribution >= 0.6 is 11.6 Å². The number of nitrogens with one attached hydrogen (secondary N) is 1. The third kappa shape index (κ3) is 3.20. The van der Waals surface area contributed by atoms with E-state index in [1.165, 1.54) is 24.3 Å². The second-order valence-electron chi connectivity index (χ2n) is 4.08. The number of hydrogen-bond acceptors (Lipinski definition) is 1. The van der Waals surface area contributed by atoms with E-state index in [1.54, 1.807) is 12.1 Å². The van der Waals surface area contributed by atoms with E-state index >= 15 is 0 Å². The summed E-state index contributed by atoms with van der Waals surface area (Å²) in [6, 6.07) is 10.3. The lowest BCUT2D eigenvalue weighted by molar-refractivity contribution is 0.623. The van der Waals surface area contributed by atoms with Crippen LogP contribution < -0.4 is 5.32 Å². The molecule has 0 amide bonds. The molecule has 0 saturated carbocycles. The molecule has 0 aliphatic heterocycles. The molecule has 2 rings (SSSR count). The van der Waals surface area contributed by atoms with Gasteiger partial charge in [0.25, 0.3) is 0 Å². The molecule has 1 atom stereocenters. The summed E-state index contributed by atoms with van der Waals surface area (Å²) < 4.78 is 26.2. The fourth-order valence-corrected chi connectivity index (χ4v) is 1.97. The maximum Gasteiger partial charge on any atom is 0.126 e. The van der Waals surface area contributed by atoms with Crippen molar-refractivity contribution in [2.24, 2.45) is 0 Å². The van der Waals surface area contributed by atoms with Crippen molar-refractivity contribution in [1.82, 2.24) is 0 Å². The molecule has 2 aromatic carbocycles. The van der Waals surface area contributed by atoms with E-state index in [4.69, 9.17) is 11.6 Å². The lowest BCUT2D eigenvalue weighted by Crippen LogP contribution is -2.07. The van der Waals surface area contributed by atoms with Gasteiger partial charge < -0.3 is 5.32 Å². The first-order valence-electron chi connectivity index (χ1n) is 5.53. The van der Waals surface area contributed by atoms with Crippen molar-refractivity contribution < 1.29 is 8.78 Å². The van der Waals surface area contributed by atoms with E-state index in [1.807, 2.05) is 13.0 Å². The number of anilines is 1. The standard InChI is InChI=1S/C14H12ClF2N/c1-9(10-3-2-4-12(16)5-10)18-14-7-11(15)6-13(17)8-14/h2-9,18H,1H3. The summed E-state index contributed by atoms with van der Waals surface area (Å²) in [7, 11) is 0. The van der Waals surface area contributed by atoms with Gasteiger partial charge in [-0.2, -0.15) is 0 Å². The summed E-state index contributed by atoms with van der Waals surface area (Å²) in [6.07, 6.45) is 0. The van der Waals surface area contributed by atoms with E-state index in [9.17, 15) is 8.78 Å².